The van der Waals surface area contributed by atoms with Gasteiger partial charge in [-0.25, -0.2) is 9.78 Å². The number of carbonyl (C=O) groups is 1. The van der Waals surface area contributed by atoms with Crippen molar-refractivity contribution in [2.24, 2.45) is 0 Å². The van der Waals surface area contributed by atoms with Gasteiger partial charge < -0.3 is 14.4 Å². The number of urea groups is 1. The van der Waals surface area contributed by atoms with Crippen LogP contribution in [0.5, 0.6) is 6.01 Å². The number of carbonyl (C=O) groups excluding carboxylic acids is 1. The summed E-state index contributed by atoms with van der Waals surface area (Å²) in [5.74, 6) is 0.444. The molecule has 122 valence electrons. The van der Waals surface area contributed by atoms with Crippen molar-refractivity contribution in [3.63, 3.8) is 0 Å². The molecule has 2 amide bonds. The minimum absolute atomic E-state index is 0.142. The number of likely N-dealkylation sites (tertiary alicyclic amines) is 1. The van der Waals surface area contributed by atoms with Gasteiger partial charge in [0, 0.05) is 25.9 Å². The zero-order valence-corrected chi connectivity index (χ0v) is 13.2. The molecule has 0 spiro atoms. The van der Waals surface area contributed by atoms with E-state index in [0.29, 0.717) is 12.4 Å². The Hall–Kier alpha value is -1.89. The van der Waals surface area contributed by atoms with E-state index in [2.05, 4.69) is 22.2 Å². The standard InChI is InChI=1S/C15H24N4O3/c1-3-11-22-12-5-4-9-19(10-7-12)15(20)18-13-6-8-16-14(17-13)21-2/h6,8,12H,3-5,7,9-11H2,1-2H3,(H,16,17,18,20)/t12-/m1/s1. The van der Waals surface area contributed by atoms with E-state index in [0.717, 1.165) is 38.8 Å². The van der Waals surface area contributed by atoms with Crippen molar-refractivity contribution < 1.29 is 14.3 Å². The highest BCUT2D eigenvalue weighted by atomic mass is 16.5. The Balaban J connectivity index is 1.86. The van der Waals surface area contributed by atoms with Crippen LogP contribution < -0.4 is 10.1 Å². The van der Waals surface area contributed by atoms with Crippen LogP contribution >= 0.6 is 0 Å². The smallest absolute Gasteiger partial charge is 0.323 e. The zero-order valence-electron chi connectivity index (χ0n) is 13.2. The SMILES string of the molecule is CCCO[C@@H]1CCCN(C(=O)Nc2ccnc(OC)n2)CC1. The molecule has 1 saturated heterocycles. The molecule has 0 bridgehead atoms. The van der Waals surface area contributed by atoms with Gasteiger partial charge in [0.1, 0.15) is 5.82 Å². The molecule has 22 heavy (non-hydrogen) atoms. The molecule has 1 aliphatic rings. The molecule has 1 aliphatic heterocycles. The van der Waals surface area contributed by atoms with Crippen LogP contribution in [0, 0.1) is 0 Å². The third kappa shape index (κ3) is 4.84. The fraction of sp³-hybridized carbons (Fsp3) is 0.667. The van der Waals surface area contributed by atoms with Gasteiger partial charge in [0.25, 0.3) is 0 Å². The molecule has 1 N–H and O–H groups in total. The zero-order chi connectivity index (χ0) is 15.8. The first-order valence-electron chi connectivity index (χ1n) is 7.77. The van der Waals surface area contributed by atoms with Crippen LogP contribution in [0.25, 0.3) is 0 Å². The number of rotatable bonds is 5. The van der Waals surface area contributed by atoms with Gasteiger partial charge in [0.2, 0.25) is 0 Å². The van der Waals surface area contributed by atoms with E-state index in [1.54, 1.807) is 12.3 Å². The monoisotopic (exact) mass is 308 g/mol. The molecule has 1 aromatic rings. The van der Waals surface area contributed by atoms with Gasteiger partial charge in [-0.15, -0.1) is 0 Å². The number of nitrogens with one attached hydrogen (secondary N) is 1. The van der Waals surface area contributed by atoms with Crippen LogP contribution in [0.15, 0.2) is 12.3 Å². The van der Waals surface area contributed by atoms with Gasteiger partial charge in [-0.05, 0) is 31.7 Å². The maximum absolute atomic E-state index is 12.3. The lowest BCUT2D eigenvalue weighted by Crippen LogP contribution is -2.36. The van der Waals surface area contributed by atoms with Crippen LogP contribution in [-0.4, -0.2) is 53.8 Å². The average molecular weight is 308 g/mol. The van der Waals surface area contributed by atoms with Crippen LogP contribution in [-0.2, 0) is 4.74 Å². The lowest BCUT2D eigenvalue weighted by molar-refractivity contribution is 0.0446. The van der Waals surface area contributed by atoms with E-state index in [-0.39, 0.29) is 18.1 Å². The van der Waals surface area contributed by atoms with Gasteiger partial charge >= 0.3 is 12.0 Å². The fourth-order valence-corrected chi connectivity index (χ4v) is 2.42. The lowest BCUT2D eigenvalue weighted by Gasteiger charge is -2.21. The first-order chi connectivity index (χ1) is 10.7. The molecule has 1 atom stereocenters. The molecule has 7 nitrogen and oxygen atoms in total. The van der Waals surface area contributed by atoms with Crippen LogP contribution in [0.3, 0.4) is 0 Å². The molecule has 1 aromatic heterocycles. The second-order valence-corrected chi connectivity index (χ2v) is 5.27. The third-order valence-electron chi connectivity index (χ3n) is 3.57. The Morgan fingerprint density at radius 2 is 2.32 bits per heavy atom. The normalized spacial score (nSPS) is 18.6. The van der Waals surface area contributed by atoms with Crippen molar-refractivity contribution in [3.05, 3.63) is 12.3 Å². The largest absolute Gasteiger partial charge is 0.467 e. The van der Waals surface area contributed by atoms with Crippen molar-refractivity contribution in [3.8, 4) is 6.01 Å². The highest BCUT2D eigenvalue weighted by Crippen LogP contribution is 2.16. The van der Waals surface area contributed by atoms with Crippen molar-refractivity contribution in [1.82, 2.24) is 14.9 Å². The van der Waals surface area contributed by atoms with Gasteiger partial charge in [0.15, 0.2) is 0 Å². The number of anilines is 1. The molecule has 0 radical (unpaired) electrons. The maximum Gasteiger partial charge on any atom is 0.323 e. The summed E-state index contributed by atoms with van der Waals surface area (Å²) in [4.78, 5) is 22.1. The molecule has 0 aromatic carbocycles. The predicted octanol–water partition coefficient (Wildman–Crippen LogP) is 2.30. The van der Waals surface area contributed by atoms with Gasteiger partial charge in [-0.1, -0.05) is 6.92 Å². The first-order valence-corrected chi connectivity index (χ1v) is 7.77. The summed E-state index contributed by atoms with van der Waals surface area (Å²) < 4.78 is 10.7. The molecule has 7 heteroatoms. The van der Waals surface area contributed by atoms with Gasteiger partial charge in [-0.2, -0.15) is 4.98 Å². The molecule has 0 unspecified atom stereocenters. The number of hydrogen-bond acceptors (Lipinski definition) is 5. The average Bonchev–Trinajstić information content (AvgIpc) is 2.78. The molecule has 2 rings (SSSR count). The van der Waals surface area contributed by atoms with E-state index in [9.17, 15) is 4.79 Å². The number of ether oxygens (including phenoxy) is 2. The van der Waals surface area contributed by atoms with E-state index >= 15 is 0 Å². The minimum Gasteiger partial charge on any atom is -0.467 e. The van der Waals surface area contributed by atoms with E-state index in [1.165, 1.54) is 7.11 Å². The Bertz CT molecular complexity index is 484. The van der Waals surface area contributed by atoms with Gasteiger partial charge in [-0.3, -0.25) is 5.32 Å². The van der Waals surface area contributed by atoms with E-state index in [1.807, 2.05) is 4.90 Å². The molecular formula is C15H24N4O3. The third-order valence-corrected chi connectivity index (χ3v) is 3.57. The second kappa shape index (κ2) is 8.53. The fourth-order valence-electron chi connectivity index (χ4n) is 2.42. The molecular weight excluding hydrogens is 284 g/mol. The summed E-state index contributed by atoms with van der Waals surface area (Å²) in [5, 5.41) is 2.79. The lowest BCUT2D eigenvalue weighted by atomic mass is 10.2. The Labute approximate surface area is 131 Å². The summed E-state index contributed by atoms with van der Waals surface area (Å²) >= 11 is 0. The number of hydrogen-bond donors (Lipinski definition) is 1. The van der Waals surface area contributed by atoms with Crippen molar-refractivity contribution in [2.75, 3.05) is 32.1 Å². The van der Waals surface area contributed by atoms with Gasteiger partial charge in [0.05, 0.1) is 13.2 Å². The van der Waals surface area contributed by atoms with Crippen molar-refractivity contribution >= 4 is 11.8 Å². The highest BCUT2D eigenvalue weighted by Gasteiger charge is 2.21. The van der Waals surface area contributed by atoms with Crippen LogP contribution in [0.1, 0.15) is 32.6 Å². The van der Waals surface area contributed by atoms with Crippen molar-refractivity contribution in [2.45, 2.75) is 38.7 Å². The van der Waals surface area contributed by atoms with E-state index < -0.39 is 0 Å². The van der Waals surface area contributed by atoms with Crippen LogP contribution in [0.2, 0.25) is 0 Å². The Morgan fingerprint density at radius 1 is 1.45 bits per heavy atom. The summed E-state index contributed by atoms with van der Waals surface area (Å²) in [6, 6.07) is 1.74. The number of amides is 2. The molecule has 2 heterocycles. The molecule has 1 fully saturated rings. The quantitative estimate of drug-likeness (QED) is 0.903. The molecule has 0 saturated carbocycles. The first kappa shape index (κ1) is 16.5. The predicted molar refractivity (Wildman–Crippen MR) is 83.1 cm³/mol. The molecule has 0 aliphatic carbocycles. The Morgan fingerprint density at radius 3 is 3.09 bits per heavy atom. The summed E-state index contributed by atoms with van der Waals surface area (Å²) in [7, 11) is 1.49. The number of methoxy groups -OCH3 is 1. The maximum atomic E-state index is 12.3. The summed E-state index contributed by atoms with van der Waals surface area (Å²) in [6.07, 6.45) is 5.67. The highest BCUT2D eigenvalue weighted by molar-refractivity contribution is 5.88. The minimum atomic E-state index is -0.142. The number of nitrogens with zero attached hydrogens (tertiary/aromatic N) is 3. The van der Waals surface area contributed by atoms with Crippen molar-refractivity contribution in [1.29, 1.82) is 0 Å². The topological polar surface area (TPSA) is 76.6 Å². The van der Waals surface area contributed by atoms with Crippen LogP contribution in [0.4, 0.5) is 10.6 Å². The summed E-state index contributed by atoms with van der Waals surface area (Å²) in [5.41, 5.74) is 0. The second-order valence-electron chi connectivity index (χ2n) is 5.27. The number of aromatic nitrogens is 2. The summed E-state index contributed by atoms with van der Waals surface area (Å²) in [6.45, 7) is 4.33. The van der Waals surface area contributed by atoms with E-state index in [4.69, 9.17) is 9.47 Å². The Kier molecular flexibility index (Phi) is 6.39.